The number of nitro groups is 2. The van der Waals surface area contributed by atoms with Crippen LogP contribution in [0.3, 0.4) is 0 Å². The van der Waals surface area contributed by atoms with Gasteiger partial charge in [0.25, 0.3) is 17.3 Å². The molecular formula is C17H13N5O5. The Kier molecular flexibility index (Phi) is 4.88. The van der Waals surface area contributed by atoms with Crippen molar-refractivity contribution in [1.82, 2.24) is 9.78 Å². The molecule has 0 aliphatic rings. The average molecular weight is 367 g/mol. The molecule has 0 aliphatic heterocycles. The summed E-state index contributed by atoms with van der Waals surface area (Å²) in [6.07, 6.45) is 1.67. The van der Waals surface area contributed by atoms with E-state index in [-0.39, 0.29) is 11.4 Å². The second-order valence-corrected chi connectivity index (χ2v) is 5.59. The number of amides is 1. The third-order valence-corrected chi connectivity index (χ3v) is 3.66. The number of anilines is 1. The third kappa shape index (κ3) is 4.31. The SMILES string of the molecule is O=C(Nc1ccn(Cc2ccccc2)n1)c1cc([N+](=O)[O-])cc([N+](=O)[O-])c1. The van der Waals surface area contributed by atoms with E-state index in [0.29, 0.717) is 6.54 Å². The van der Waals surface area contributed by atoms with Gasteiger partial charge in [0.15, 0.2) is 5.82 Å². The summed E-state index contributed by atoms with van der Waals surface area (Å²) >= 11 is 0. The van der Waals surface area contributed by atoms with Crippen LogP contribution in [-0.4, -0.2) is 25.5 Å². The van der Waals surface area contributed by atoms with Gasteiger partial charge in [-0.3, -0.25) is 29.7 Å². The van der Waals surface area contributed by atoms with Gasteiger partial charge in [-0.25, -0.2) is 0 Å². The molecule has 1 amide bonds. The first kappa shape index (κ1) is 17.7. The average Bonchev–Trinajstić information content (AvgIpc) is 3.08. The number of carbonyl (C=O) groups is 1. The van der Waals surface area contributed by atoms with Crippen LogP contribution in [-0.2, 0) is 6.54 Å². The van der Waals surface area contributed by atoms with E-state index in [1.807, 2.05) is 30.3 Å². The molecule has 0 atom stereocenters. The fourth-order valence-electron chi connectivity index (χ4n) is 2.41. The van der Waals surface area contributed by atoms with Crippen LogP contribution in [0.5, 0.6) is 0 Å². The maximum atomic E-state index is 12.3. The van der Waals surface area contributed by atoms with E-state index >= 15 is 0 Å². The number of nitrogens with zero attached hydrogens (tertiary/aromatic N) is 4. The highest BCUT2D eigenvalue weighted by molar-refractivity contribution is 6.04. The smallest absolute Gasteiger partial charge is 0.277 e. The molecule has 0 saturated heterocycles. The number of nitro benzene ring substituents is 2. The minimum atomic E-state index is -0.793. The largest absolute Gasteiger partial charge is 0.305 e. The lowest BCUT2D eigenvalue weighted by Gasteiger charge is -2.03. The summed E-state index contributed by atoms with van der Waals surface area (Å²) in [6.45, 7) is 0.499. The van der Waals surface area contributed by atoms with Crippen LogP contribution in [0.2, 0.25) is 0 Å². The molecule has 2 aromatic carbocycles. The van der Waals surface area contributed by atoms with Crippen molar-refractivity contribution in [3.05, 3.63) is 92.1 Å². The first-order chi connectivity index (χ1) is 12.9. The standard InChI is InChI=1S/C17H13N5O5/c23-17(13-8-14(21(24)25)10-15(9-13)22(26)27)18-16-6-7-20(19-16)11-12-4-2-1-3-5-12/h1-10H,11H2,(H,18,19,23). The molecule has 0 fully saturated rings. The van der Waals surface area contributed by atoms with E-state index < -0.39 is 27.1 Å². The molecule has 1 aromatic heterocycles. The Morgan fingerprint density at radius 2 is 1.63 bits per heavy atom. The van der Waals surface area contributed by atoms with E-state index in [0.717, 1.165) is 23.8 Å². The molecule has 0 aliphatic carbocycles. The Morgan fingerprint density at radius 1 is 1.00 bits per heavy atom. The summed E-state index contributed by atoms with van der Waals surface area (Å²) in [5.41, 5.74) is -0.255. The van der Waals surface area contributed by atoms with Crippen LogP contribution >= 0.6 is 0 Å². The molecule has 10 nitrogen and oxygen atoms in total. The second kappa shape index (κ2) is 7.44. The minimum Gasteiger partial charge on any atom is -0.305 e. The molecule has 0 saturated carbocycles. The third-order valence-electron chi connectivity index (χ3n) is 3.66. The van der Waals surface area contributed by atoms with Crippen molar-refractivity contribution in [3.63, 3.8) is 0 Å². The number of benzene rings is 2. The zero-order chi connectivity index (χ0) is 19.4. The number of hydrogen-bond donors (Lipinski definition) is 1. The van der Waals surface area contributed by atoms with Gasteiger partial charge in [0.05, 0.1) is 28.0 Å². The summed E-state index contributed by atoms with van der Waals surface area (Å²) in [7, 11) is 0. The molecule has 3 rings (SSSR count). The van der Waals surface area contributed by atoms with Gasteiger partial charge in [0.2, 0.25) is 0 Å². The predicted octanol–water partition coefficient (Wildman–Crippen LogP) is 3.00. The quantitative estimate of drug-likeness (QED) is 0.526. The van der Waals surface area contributed by atoms with E-state index in [2.05, 4.69) is 10.4 Å². The van der Waals surface area contributed by atoms with Gasteiger partial charge in [-0.05, 0) is 5.56 Å². The highest BCUT2D eigenvalue weighted by atomic mass is 16.6. The van der Waals surface area contributed by atoms with Crippen LogP contribution in [0.15, 0.2) is 60.8 Å². The Morgan fingerprint density at radius 3 is 2.22 bits per heavy atom. The number of carbonyl (C=O) groups excluding carboxylic acids is 1. The lowest BCUT2D eigenvalue weighted by atomic mass is 10.1. The lowest BCUT2D eigenvalue weighted by molar-refractivity contribution is -0.394. The number of non-ortho nitro benzene ring substituents is 2. The van der Waals surface area contributed by atoms with Gasteiger partial charge in [-0.15, -0.1) is 0 Å². The molecule has 1 heterocycles. The first-order valence-electron chi connectivity index (χ1n) is 7.75. The van der Waals surface area contributed by atoms with E-state index in [4.69, 9.17) is 0 Å². The van der Waals surface area contributed by atoms with Crippen molar-refractivity contribution in [2.24, 2.45) is 0 Å². The molecule has 10 heteroatoms. The van der Waals surface area contributed by atoms with Crippen LogP contribution in [0, 0.1) is 20.2 Å². The van der Waals surface area contributed by atoms with Gasteiger partial charge in [0.1, 0.15) is 0 Å². The van der Waals surface area contributed by atoms with Crippen molar-refractivity contribution in [3.8, 4) is 0 Å². The highest BCUT2D eigenvalue weighted by Gasteiger charge is 2.20. The molecule has 0 spiro atoms. The number of hydrogen-bond acceptors (Lipinski definition) is 6. The van der Waals surface area contributed by atoms with Gasteiger partial charge in [-0.1, -0.05) is 30.3 Å². The molecule has 0 unspecified atom stereocenters. The minimum absolute atomic E-state index is 0.200. The number of nitrogens with one attached hydrogen (secondary N) is 1. The van der Waals surface area contributed by atoms with Crippen LogP contribution in [0.25, 0.3) is 0 Å². The van der Waals surface area contributed by atoms with Crippen LogP contribution in [0.4, 0.5) is 17.2 Å². The van der Waals surface area contributed by atoms with Crippen molar-refractivity contribution < 1.29 is 14.6 Å². The van der Waals surface area contributed by atoms with Crippen molar-refractivity contribution in [1.29, 1.82) is 0 Å². The lowest BCUT2D eigenvalue weighted by Crippen LogP contribution is -2.13. The van der Waals surface area contributed by atoms with Gasteiger partial charge in [-0.2, -0.15) is 5.10 Å². The molecule has 3 aromatic rings. The number of rotatable bonds is 6. The summed E-state index contributed by atoms with van der Waals surface area (Å²) in [6, 6.07) is 13.9. The summed E-state index contributed by atoms with van der Waals surface area (Å²) in [4.78, 5) is 32.6. The number of aromatic nitrogens is 2. The zero-order valence-electron chi connectivity index (χ0n) is 13.8. The Labute approximate surface area is 152 Å². The maximum absolute atomic E-state index is 12.3. The van der Waals surface area contributed by atoms with Gasteiger partial charge >= 0.3 is 0 Å². The summed E-state index contributed by atoms with van der Waals surface area (Å²) < 4.78 is 1.61. The Hall–Kier alpha value is -4.08. The molecule has 136 valence electrons. The van der Waals surface area contributed by atoms with Gasteiger partial charge < -0.3 is 5.32 Å². The molecule has 0 bridgehead atoms. The van der Waals surface area contributed by atoms with Gasteiger partial charge in [0, 0.05) is 24.4 Å². The molecule has 1 N–H and O–H groups in total. The maximum Gasteiger partial charge on any atom is 0.277 e. The molecule has 0 radical (unpaired) electrons. The molecule has 27 heavy (non-hydrogen) atoms. The van der Waals surface area contributed by atoms with Crippen molar-refractivity contribution >= 4 is 23.1 Å². The van der Waals surface area contributed by atoms with E-state index in [1.54, 1.807) is 16.9 Å². The first-order valence-corrected chi connectivity index (χ1v) is 7.75. The second-order valence-electron chi connectivity index (χ2n) is 5.59. The van der Waals surface area contributed by atoms with Crippen LogP contribution < -0.4 is 5.32 Å². The highest BCUT2D eigenvalue weighted by Crippen LogP contribution is 2.23. The fraction of sp³-hybridized carbons (Fsp3) is 0.0588. The van der Waals surface area contributed by atoms with E-state index in [1.165, 1.54) is 0 Å². The summed E-state index contributed by atoms with van der Waals surface area (Å²) in [5, 5.41) is 28.5. The Bertz CT molecular complexity index is 983. The normalized spacial score (nSPS) is 10.4. The van der Waals surface area contributed by atoms with Crippen molar-refractivity contribution in [2.75, 3.05) is 5.32 Å². The van der Waals surface area contributed by atoms with Crippen LogP contribution in [0.1, 0.15) is 15.9 Å². The fourth-order valence-corrected chi connectivity index (χ4v) is 2.41. The summed E-state index contributed by atoms with van der Waals surface area (Å²) in [5.74, 6) is -0.503. The molecular weight excluding hydrogens is 354 g/mol. The zero-order valence-corrected chi connectivity index (χ0v) is 13.8. The van der Waals surface area contributed by atoms with E-state index in [9.17, 15) is 25.0 Å². The topological polar surface area (TPSA) is 133 Å². The monoisotopic (exact) mass is 367 g/mol. The van der Waals surface area contributed by atoms with Crippen molar-refractivity contribution in [2.45, 2.75) is 6.54 Å². The predicted molar refractivity (Wildman–Crippen MR) is 95.5 cm³/mol. The Balaban J connectivity index is 1.77.